The molecule has 100 valence electrons. The topological polar surface area (TPSA) is 35.2 Å². The molecule has 2 aromatic carbocycles. The lowest BCUT2D eigenvalue weighted by Crippen LogP contribution is -2.06. The predicted octanol–water partition coefficient (Wildman–Crippen LogP) is 4.82. The van der Waals surface area contributed by atoms with E-state index in [0.29, 0.717) is 0 Å². The number of aryl methyl sites for hydroxylation is 1. The summed E-state index contributed by atoms with van der Waals surface area (Å²) >= 11 is 3.46. The molecular formula is C16H18BrNO. The lowest BCUT2D eigenvalue weighted by molar-refractivity contribution is 0.472. The minimum absolute atomic E-state index is 0.0672. The molecule has 19 heavy (non-hydrogen) atoms. The lowest BCUT2D eigenvalue weighted by atomic mass is 10.1. The third-order valence-corrected chi connectivity index (χ3v) is 3.52. The summed E-state index contributed by atoms with van der Waals surface area (Å²) < 4.78 is 6.93. The van der Waals surface area contributed by atoms with Crippen molar-refractivity contribution < 1.29 is 4.74 Å². The van der Waals surface area contributed by atoms with Crippen LogP contribution in [0.4, 0.5) is 0 Å². The number of hydrogen-bond acceptors (Lipinski definition) is 2. The van der Waals surface area contributed by atoms with Crippen molar-refractivity contribution in [1.82, 2.24) is 0 Å². The Morgan fingerprint density at radius 3 is 2.42 bits per heavy atom. The van der Waals surface area contributed by atoms with E-state index in [4.69, 9.17) is 10.5 Å². The van der Waals surface area contributed by atoms with E-state index in [1.54, 1.807) is 0 Å². The van der Waals surface area contributed by atoms with Crippen LogP contribution in [0.25, 0.3) is 0 Å². The van der Waals surface area contributed by atoms with Gasteiger partial charge in [0.25, 0.3) is 0 Å². The van der Waals surface area contributed by atoms with E-state index in [1.165, 1.54) is 5.56 Å². The summed E-state index contributed by atoms with van der Waals surface area (Å²) in [5.41, 5.74) is 8.28. The Hall–Kier alpha value is -1.32. The highest BCUT2D eigenvalue weighted by Crippen LogP contribution is 2.31. The maximum atomic E-state index is 5.98. The van der Waals surface area contributed by atoms with Crippen LogP contribution in [-0.2, 0) is 6.42 Å². The van der Waals surface area contributed by atoms with Crippen LogP contribution in [0.1, 0.15) is 31.0 Å². The van der Waals surface area contributed by atoms with Gasteiger partial charge in [-0.15, -0.1) is 0 Å². The van der Waals surface area contributed by atoms with E-state index >= 15 is 0 Å². The minimum Gasteiger partial charge on any atom is -0.457 e. The van der Waals surface area contributed by atoms with Gasteiger partial charge in [0, 0.05) is 16.1 Å². The monoisotopic (exact) mass is 319 g/mol. The molecule has 0 aliphatic heterocycles. The summed E-state index contributed by atoms with van der Waals surface area (Å²) in [4.78, 5) is 0. The number of halogens is 1. The molecule has 0 amide bonds. The second-order valence-corrected chi connectivity index (χ2v) is 5.49. The maximum Gasteiger partial charge on any atom is 0.132 e. The van der Waals surface area contributed by atoms with E-state index in [0.717, 1.165) is 28.0 Å². The molecule has 2 rings (SSSR count). The Labute approximate surface area is 122 Å². The summed E-state index contributed by atoms with van der Waals surface area (Å²) in [7, 11) is 0. The highest BCUT2D eigenvalue weighted by Gasteiger charge is 2.09. The van der Waals surface area contributed by atoms with E-state index in [1.807, 2.05) is 37.3 Å². The van der Waals surface area contributed by atoms with Crippen LogP contribution < -0.4 is 10.5 Å². The van der Waals surface area contributed by atoms with Crippen molar-refractivity contribution in [3.63, 3.8) is 0 Å². The van der Waals surface area contributed by atoms with Gasteiger partial charge in [-0.2, -0.15) is 0 Å². The fourth-order valence-corrected chi connectivity index (χ4v) is 2.27. The number of nitrogens with two attached hydrogens (primary N) is 1. The molecule has 0 spiro atoms. The number of benzene rings is 2. The van der Waals surface area contributed by atoms with E-state index in [-0.39, 0.29) is 6.04 Å². The first kappa shape index (κ1) is 14.1. The molecule has 0 aliphatic carbocycles. The van der Waals surface area contributed by atoms with E-state index in [2.05, 4.69) is 35.0 Å². The van der Waals surface area contributed by atoms with Gasteiger partial charge in [-0.3, -0.25) is 0 Å². The second-order valence-electron chi connectivity index (χ2n) is 4.57. The highest BCUT2D eigenvalue weighted by atomic mass is 79.9. The van der Waals surface area contributed by atoms with Gasteiger partial charge in [-0.05, 0) is 49.2 Å². The van der Waals surface area contributed by atoms with E-state index < -0.39 is 0 Å². The fourth-order valence-electron chi connectivity index (χ4n) is 1.89. The highest BCUT2D eigenvalue weighted by molar-refractivity contribution is 9.10. The molecular weight excluding hydrogens is 302 g/mol. The zero-order chi connectivity index (χ0) is 13.8. The van der Waals surface area contributed by atoms with Crippen LogP contribution in [0.2, 0.25) is 0 Å². The van der Waals surface area contributed by atoms with Crippen LogP contribution in [0.5, 0.6) is 11.5 Å². The van der Waals surface area contributed by atoms with Gasteiger partial charge in [-0.1, -0.05) is 35.0 Å². The Morgan fingerprint density at radius 1 is 1.16 bits per heavy atom. The van der Waals surface area contributed by atoms with Gasteiger partial charge in [0.1, 0.15) is 11.5 Å². The summed E-state index contributed by atoms with van der Waals surface area (Å²) in [5, 5.41) is 0. The third-order valence-electron chi connectivity index (χ3n) is 3.02. The van der Waals surface area contributed by atoms with Gasteiger partial charge in [-0.25, -0.2) is 0 Å². The van der Waals surface area contributed by atoms with Crippen LogP contribution in [-0.4, -0.2) is 0 Å². The molecule has 0 saturated carbocycles. The first-order chi connectivity index (χ1) is 9.10. The Balaban J connectivity index is 2.26. The maximum absolute atomic E-state index is 5.98. The van der Waals surface area contributed by atoms with Crippen molar-refractivity contribution in [2.45, 2.75) is 26.3 Å². The van der Waals surface area contributed by atoms with Gasteiger partial charge in [0.05, 0.1) is 0 Å². The molecule has 0 saturated heterocycles. The summed E-state index contributed by atoms with van der Waals surface area (Å²) in [6.45, 7) is 4.09. The molecule has 0 radical (unpaired) electrons. The van der Waals surface area contributed by atoms with Crippen molar-refractivity contribution in [2.24, 2.45) is 5.73 Å². The van der Waals surface area contributed by atoms with Gasteiger partial charge in [0.15, 0.2) is 0 Å². The summed E-state index contributed by atoms with van der Waals surface area (Å²) in [6.07, 6.45) is 1.03. The normalized spacial score (nSPS) is 12.2. The molecule has 0 fully saturated rings. The van der Waals surface area contributed by atoms with Gasteiger partial charge in [0.2, 0.25) is 0 Å². The molecule has 1 atom stereocenters. The first-order valence-corrected chi connectivity index (χ1v) is 7.21. The van der Waals surface area contributed by atoms with Crippen molar-refractivity contribution in [3.05, 3.63) is 58.1 Å². The zero-order valence-electron chi connectivity index (χ0n) is 11.2. The van der Waals surface area contributed by atoms with Crippen LogP contribution in [0.3, 0.4) is 0 Å². The van der Waals surface area contributed by atoms with Crippen molar-refractivity contribution in [3.8, 4) is 11.5 Å². The first-order valence-electron chi connectivity index (χ1n) is 6.42. The Morgan fingerprint density at radius 2 is 1.84 bits per heavy atom. The quantitative estimate of drug-likeness (QED) is 0.876. The van der Waals surface area contributed by atoms with Crippen molar-refractivity contribution in [2.75, 3.05) is 0 Å². The standard InChI is InChI=1S/C16H18BrNO/c1-3-12-4-7-14(8-5-12)19-16-9-6-13(17)10-15(16)11(2)18/h4-11H,3,18H2,1-2H3. The Bertz CT molecular complexity index is 549. The molecule has 0 aromatic heterocycles. The smallest absolute Gasteiger partial charge is 0.132 e. The van der Waals surface area contributed by atoms with Crippen LogP contribution in [0, 0.1) is 0 Å². The van der Waals surface area contributed by atoms with Crippen molar-refractivity contribution >= 4 is 15.9 Å². The molecule has 2 N–H and O–H groups in total. The molecule has 2 aromatic rings. The molecule has 0 heterocycles. The molecule has 0 aliphatic rings. The van der Waals surface area contributed by atoms with Crippen LogP contribution >= 0.6 is 15.9 Å². The summed E-state index contributed by atoms with van der Waals surface area (Å²) in [6, 6.07) is 14.0. The lowest BCUT2D eigenvalue weighted by Gasteiger charge is -2.14. The Kier molecular flexibility index (Phi) is 4.61. The zero-order valence-corrected chi connectivity index (χ0v) is 12.8. The third kappa shape index (κ3) is 3.58. The number of ether oxygens (including phenoxy) is 1. The SMILES string of the molecule is CCc1ccc(Oc2ccc(Br)cc2C(C)N)cc1. The molecule has 0 bridgehead atoms. The van der Waals surface area contributed by atoms with Crippen LogP contribution in [0.15, 0.2) is 46.9 Å². The largest absolute Gasteiger partial charge is 0.457 e. The van der Waals surface area contributed by atoms with E-state index in [9.17, 15) is 0 Å². The minimum atomic E-state index is -0.0672. The molecule has 2 nitrogen and oxygen atoms in total. The number of hydrogen-bond donors (Lipinski definition) is 1. The van der Waals surface area contributed by atoms with Gasteiger partial charge < -0.3 is 10.5 Å². The second kappa shape index (κ2) is 6.22. The fraction of sp³-hybridized carbons (Fsp3) is 0.250. The molecule has 3 heteroatoms. The average Bonchev–Trinajstić information content (AvgIpc) is 2.41. The van der Waals surface area contributed by atoms with Gasteiger partial charge >= 0.3 is 0 Å². The average molecular weight is 320 g/mol. The molecule has 1 unspecified atom stereocenters. The summed E-state index contributed by atoms with van der Waals surface area (Å²) in [5.74, 6) is 1.64. The number of rotatable bonds is 4. The van der Waals surface area contributed by atoms with Crippen molar-refractivity contribution in [1.29, 1.82) is 0 Å². The predicted molar refractivity (Wildman–Crippen MR) is 82.6 cm³/mol.